The molecule has 5 heteroatoms. The SMILES string of the molecule is C=CC(C)/C=C\C/C=C\C/C=C/Sc1c2n(c3cc(F)cc(C(C)C)c13)CCC2CC(=O)O.CC.CC. The van der Waals surface area contributed by atoms with E-state index in [9.17, 15) is 14.3 Å². The van der Waals surface area contributed by atoms with Crippen molar-refractivity contribution >= 4 is 28.6 Å². The Bertz CT molecular complexity index is 1090. The van der Waals surface area contributed by atoms with Crippen molar-refractivity contribution in [3.8, 4) is 0 Å². The Balaban J connectivity index is 0.00000163. The van der Waals surface area contributed by atoms with Crippen molar-refractivity contribution in [2.24, 2.45) is 5.92 Å². The van der Waals surface area contributed by atoms with Crippen LogP contribution in [0.3, 0.4) is 0 Å². The van der Waals surface area contributed by atoms with Crippen molar-refractivity contribution in [3.05, 3.63) is 77.7 Å². The van der Waals surface area contributed by atoms with Crippen LogP contribution in [-0.2, 0) is 11.3 Å². The van der Waals surface area contributed by atoms with E-state index in [0.717, 1.165) is 52.9 Å². The lowest BCUT2D eigenvalue weighted by atomic mass is 9.96. The van der Waals surface area contributed by atoms with Gasteiger partial charge in [0, 0.05) is 28.4 Å². The summed E-state index contributed by atoms with van der Waals surface area (Å²) < 4.78 is 16.6. The van der Waals surface area contributed by atoms with Gasteiger partial charge in [0.1, 0.15) is 5.82 Å². The summed E-state index contributed by atoms with van der Waals surface area (Å²) in [7, 11) is 0. The molecule has 0 aliphatic carbocycles. The molecule has 37 heavy (non-hydrogen) atoms. The highest BCUT2D eigenvalue weighted by Crippen LogP contribution is 2.47. The van der Waals surface area contributed by atoms with Gasteiger partial charge < -0.3 is 9.67 Å². The predicted molar refractivity (Wildman–Crippen MR) is 160 cm³/mol. The van der Waals surface area contributed by atoms with Crippen LogP contribution in [0.25, 0.3) is 10.9 Å². The average molecular weight is 528 g/mol. The van der Waals surface area contributed by atoms with Gasteiger partial charge in [-0.1, -0.05) is 96.7 Å². The van der Waals surface area contributed by atoms with Gasteiger partial charge in [-0.3, -0.25) is 4.79 Å². The van der Waals surface area contributed by atoms with Crippen molar-refractivity contribution in [1.82, 2.24) is 4.57 Å². The number of hydrogen-bond acceptors (Lipinski definition) is 2. The summed E-state index contributed by atoms with van der Waals surface area (Å²) in [6.07, 6.45) is 15.2. The second-order valence-corrected chi connectivity index (χ2v) is 9.86. The van der Waals surface area contributed by atoms with Gasteiger partial charge in [0.2, 0.25) is 0 Å². The number of carboxylic acids is 1. The Morgan fingerprint density at radius 2 is 1.78 bits per heavy atom. The minimum atomic E-state index is -0.790. The second kappa shape index (κ2) is 17.1. The van der Waals surface area contributed by atoms with Gasteiger partial charge in [-0.2, -0.15) is 0 Å². The Hall–Kier alpha value is -2.53. The third-order valence-corrected chi connectivity index (χ3v) is 7.07. The fraction of sp³-hybridized carbons (Fsp3) is 0.469. The number of carboxylic acid groups (broad SMARTS) is 1. The largest absolute Gasteiger partial charge is 0.481 e. The molecule has 0 radical (unpaired) electrons. The number of rotatable bonds is 11. The fourth-order valence-electron chi connectivity index (χ4n) is 4.40. The second-order valence-electron chi connectivity index (χ2n) is 8.95. The third kappa shape index (κ3) is 9.07. The maximum Gasteiger partial charge on any atom is 0.304 e. The van der Waals surface area contributed by atoms with Gasteiger partial charge in [0.25, 0.3) is 0 Å². The highest BCUT2D eigenvalue weighted by Gasteiger charge is 2.32. The number of aliphatic carboxylic acids is 1. The minimum absolute atomic E-state index is 0.0430. The van der Waals surface area contributed by atoms with Crippen LogP contribution in [-0.4, -0.2) is 15.6 Å². The summed E-state index contributed by atoms with van der Waals surface area (Å²) in [4.78, 5) is 12.6. The molecule has 0 spiro atoms. The number of hydrogen-bond donors (Lipinski definition) is 1. The highest BCUT2D eigenvalue weighted by molar-refractivity contribution is 8.02. The summed E-state index contributed by atoms with van der Waals surface area (Å²) in [5.41, 5.74) is 2.92. The molecule has 0 saturated carbocycles. The lowest BCUT2D eigenvalue weighted by Crippen LogP contribution is -2.04. The first-order valence-electron chi connectivity index (χ1n) is 13.7. The zero-order valence-corrected chi connectivity index (χ0v) is 24.6. The lowest BCUT2D eigenvalue weighted by Gasteiger charge is -2.12. The summed E-state index contributed by atoms with van der Waals surface area (Å²) in [6, 6.07) is 3.23. The van der Waals surface area contributed by atoms with Crippen molar-refractivity contribution in [3.63, 3.8) is 0 Å². The summed E-state index contributed by atoms with van der Waals surface area (Å²) >= 11 is 1.63. The highest BCUT2D eigenvalue weighted by atomic mass is 32.2. The Kier molecular flexibility index (Phi) is 15.0. The van der Waals surface area contributed by atoms with Gasteiger partial charge in [0.15, 0.2) is 0 Å². The van der Waals surface area contributed by atoms with Crippen LogP contribution in [0.5, 0.6) is 0 Å². The zero-order valence-electron chi connectivity index (χ0n) is 23.8. The smallest absolute Gasteiger partial charge is 0.304 e. The van der Waals surface area contributed by atoms with Crippen molar-refractivity contribution in [2.45, 2.75) is 97.4 Å². The van der Waals surface area contributed by atoms with Crippen LogP contribution < -0.4 is 0 Å². The standard InChI is InChI=1S/C28H34FNO2S.2C2H6/c1-5-20(4)12-10-8-6-7-9-11-15-33-28-26-23(19(2)3)17-22(29)18-24(26)30-14-13-21(27(28)30)16-25(31)32;2*1-2/h5-7,10-12,15,17-21H,1,8-9,13-14,16H2,2-4H3,(H,31,32);2*1-2H3/b7-6-,12-10-,15-11+;;. The van der Waals surface area contributed by atoms with Gasteiger partial charge >= 0.3 is 5.97 Å². The Morgan fingerprint density at radius 1 is 1.14 bits per heavy atom. The van der Waals surface area contributed by atoms with E-state index in [-0.39, 0.29) is 24.1 Å². The van der Waals surface area contributed by atoms with Crippen molar-refractivity contribution in [2.75, 3.05) is 0 Å². The van der Waals surface area contributed by atoms with Crippen LogP contribution in [0.4, 0.5) is 4.39 Å². The number of fused-ring (bicyclic) bond motifs is 3. The minimum Gasteiger partial charge on any atom is -0.481 e. The number of halogens is 1. The molecule has 0 saturated heterocycles. The molecule has 2 unspecified atom stereocenters. The van der Waals surface area contributed by atoms with E-state index >= 15 is 0 Å². The van der Waals surface area contributed by atoms with E-state index in [1.54, 1.807) is 23.9 Å². The van der Waals surface area contributed by atoms with Crippen LogP contribution in [0.1, 0.15) is 97.2 Å². The van der Waals surface area contributed by atoms with E-state index in [2.05, 4.69) is 67.7 Å². The quantitative estimate of drug-likeness (QED) is 0.233. The maximum atomic E-state index is 14.4. The molecule has 0 bridgehead atoms. The van der Waals surface area contributed by atoms with Crippen LogP contribution >= 0.6 is 11.8 Å². The first-order chi connectivity index (χ1) is 17.8. The first-order valence-corrected chi connectivity index (χ1v) is 14.5. The summed E-state index contributed by atoms with van der Waals surface area (Å²) in [6.45, 7) is 18.8. The monoisotopic (exact) mass is 527 g/mol. The normalized spacial score (nSPS) is 15.6. The number of aryl methyl sites for hydroxylation is 1. The molecule has 1 aliphatic rings. The molecule has 1 aromatic carbocycles. The van der Waals surface area contributed by atoms with E-state index in [4.69, 9.17) is 0 Å². The number of allylic oxidation sites excluding steroid dienone is 6. The fourth-order valence-corrected chi connectivity index (χ4v) is 5.48. The van der Waals surface area contributed by atoms with E-state index in [1.807, 2.05) is 33.8 Å². The molecule has 0 amide bonds. The van der Waals surface area contributed by atoms with Crippen LogP contribution in [0.15, 0.2) is 65.5 Å². The number of carbonyl (C=O) groups is 1. The first kappa shape index (κ1) is 32.5. The Labute approximate surface area is 228 Å². The molecule has 0 fully saturated rings. The molecule has 3 rings (SSSR count). The lowest BCUT2D eigenvalue weighted by molar-refractivity contribution is -0.137. The molecule has 204 valence electrons. The number of thioether (sulfide) groups is 1. The van der Waals surface area contributed by atoms with Crippen molar-refractivity contribution < 1.29 is 14.3 Å². The van der Waals surface area contributed by atoms with E-state index in [0.29, 0.717) is 5.92 Å². The molecule has 3 nitrogen and oxygen atoms in total. The Morgan fingerprint density at radius 3 is 2.38 bits per heavy atom. The van der Waals surface area contributed by atoms with Crippen LogP contribution in [0.2, 0.25) is 0 Å². The third-order valence-electron chi connectivity index (χ3n) is 6.09. The van der Waals surface area contributed by atoms with E-state index in [1.165, 1.54) is 0 Å². The molecule has 2 aromatic rings. The molecule has 1 aliphatic heterocycles. The van der Waals surface area contributed by atoms with Gasteiger partial charge in [-0.05, 0) is 54.2 Å². The molecule has 1 aromatic heterocycles. The molecule has 1 N–H and O–H groups in total. The maximum absolute atomic E-state index is 14.4. The zero-order chi connectivity index (χ0) is 28.0. The average Bonchev–Trinajstić information content (AvgIpc) is 3.43. The molecular weight excluding hydrogens is 481 g/mol. The van der Waals surface area contributed by atoms with E-state index < -0.39 is 5.97 Å². The summed E-state index contributed by atoms with van der Waals surface area (Å²) in [5.74, 6) is -0.502. The number of benzene rings is 1. The number of nitrogens with zero attached hydrogens (tertiary/aromatic N) is 1. The molecular formula is C32H46FNO2S. The molecule has 2 atom stereocenters. The predicted octanol–water partition coefficient (Wildman–Crippen LogP) is 10.2. The van der Waals surface area contributed by atoms with Gasteiger partial charge in [0.05, 0.1) is 11.9 Å². The topological polar surface area (TPSA) is 42.2 Å². The van der Waals surface area contributed by atoms with Crippen LogP contribution in [0, 0.1) is 11.7 Å². The van der Waals surface area contributed by atoms with Gasteiger partial charge in [-0.25, -0.2) is 4.39 Å². The summed E-state index contributed by atoms with van der Waals surface area (Å²) in [5, 5.41) is 12.6. The van der Waals surface area contributed by atoms with Gasteiger partial charge in [-0.15, -0.1) is 6.58 Å². The van der Waals surface area contributed by atoms with Crippen molar-refractivity contribution in [1.29, 1.82) is 0 Å². The number of aromatic nitrogens is 1. The molecule has 2 heterocycles.